The normalized spacial score (nSPS) is 6.60. The lowest BCUT2D eigenvalue weighted by Gasteiger charge is -1.83. The van der Waals surface area contributed by atoms with E-state index < -0.39 is 0 Å². The molecule has 0 heterocycles. The molecule has 58 valence electrons. The van der Waals surface area contributed by atoms with E-state index in [-0.39, 0.29) is 7.43 Å². The van der Waals surface area contributed by atoms with Gasteiger partial charge in [-0.05, 0) is 19.2 Å². The van der Waals surface area contributed by atoms with E-state index in [1.807, 2.05) is 30.3 Å². The summed E-state index contributed by atoms with van der Waals surface area (Å²) in [5.74, 6) is 0. The maximum absolute atomic E-state index is 5.36. The summed E-state index contributed by atoms with van der Waals surface area (Å²) in [6.07, 6.45) is 0. The third-order valence-electron chi connectivity index (χ3n) is 0.800. The van der Waals surface area contributed by atoms with Crippen molar-refractivity contribution >= 4 is 5.69 Å². The first kappa shape index (κ1) is 11.7. The van der Waals surface area contributed by atoms with Gasteiger partial charge in [-0.3, -0.25) is 0 Å². The van der Waals surface area contributed by atoms with Gasteiger partial charge in [0.1, 0.15) is 0 Å². The van der Waals surface area contributed by atoms with E-state index >= 15 is 0 Å². The lowest BCUT2D eigenvalue weighted by molar-refractivity contribution is 1.48. The van der Waals surface area contributed by atoms with Crippen molar-refractivity contribution in [1.29, 1.82) is 0 Å². The van der Waals surface area contributed by atoms with Crippen LogP contribution in [0.15, 0.2) is 30.3 Å². The second-order valence-corrected chi connectivity index (χ2v) is 1.41. The lowest BCUT2D eigenvalue weighted by atomic mass is 10.3. The third-order valence-corrected chi connectivity index (χ3v) is 0.800. The van der Waals surface area contributed by atoms with Crippen molar-refractivity contribution in [2.75, 3.05) is 12.8 Å². The number of hydrogen-bond donors (Lipinski definition) is 2. The minimum atomic E-state index is 0. The SMILES string of the molecule is C.CN.Nc1ccccc1. The number of nitrogens with two attached hydrogens (primary N) is 2. The van der Waals surface area contributed by atoms with E-state index in [1.165, 1.54) is 7.05 Å². The summed E-state index contributed by atoms with van der Waals surface area (Å²) in [7, 11) is 1.50. The van der Waals surface area contributed by atoms with Gasteiger partial charge in [0, 0.05) is 5.69 Å². The Hall–Kier alpha value is -1.02. The van der Waals surface area contributed by atoms with Crippen LogP contribution in [0.1, 0.15) is 7.43 Å². The van der Waals surface area contributed by atoms with E-state index in [1.54, 1.807) is 0 Å². The quantitative estimate of drug-likeness (QED) is 0.536. The van der Waals surface area contributed by atoms with Crippen molar-refractivity contribution in [2.24, 2.45) is 5.73 Å². The molecule has 10 heavy (non-hydrogen) atoms. The molecule has 0 aromatic heterocycles. The molecule has 0 unspecified atom stereocenters. The fourth-order valence-electron chi connectivity index (χ4n) is 0.453. The zero-order chi connectivity index (χ0) is 7.11. The molecule has 1 aromatic carbocycles. The molecule has 2 nitrogen and oxygen atoms in total. The highest BCUT2D eigenvalue weighted by Crippen LogP contribution is 1.95. The van der Waals surface area contributed by atoms with Crippen LogP contribution in [0, 0.1) is 0 Å². The number of hydrogen-bond acceptors (Lipinski definition) is 2. The molecule has 0 aliphatic rings. The molecule has 0 fully saturated rings. The third kappa shape index (κ3) is 5.12. The van der Waals surface area contributed by atoms with E-state index in [0.717, 1.165) is 5.69 Å². The van der Waals surface area contributed by atoms with Crippen molar-refractivity contribution in [3.05, 3.63) is 30.3 Å². The minimum Gasteiger partial charge on any atom is -0.399 e. The number of nitrogen functional groups attached to an aromatic ring is 1. The molecule has 2 heteroatoms. The number of anilines is 1. The molecule has 4 N–H and O–H groups in total. The molecule has 0 radical (unpaired) electrons. The van der Waals surface area contributed by atoms with Crippen LogP contribution < -0.4 is 11.5 Å². The van der Waals surface area contributed by atoms with Gasteiger partial charge in [-0.15, -0.1) is 0 Å². The van der Waals surface area contributed by atoms with Crippen molar-refractivity contribution in [1.82, 2.24) is 0 Å². The zero-order valence-electron chi connectivity index (χ0n) is 5.54. The molecule has 0 spiro atoms. The Bertz CT molecular complexity index is 137. The van der Waals surface area contributed by atoms with Crippen LogP contribution in [0.4, 0.5) is 5.69 Å². The average molecular weight is 140 g/mol. The van der Waals surface area contributed by atoms with Crippen LogP contribution in [0.25, 0.3) is 0 Å². The van der Waals surface area contributed by atoms with E-state index in [2.05, 4.69) is 5.73 Å². The smallest absolute Gasteiger partial charge is 0.0313 e. The Morgan fingerprint density at radius 2 is 1.40 bits per heavy atom. The van der Waals surface area contributed by atoms with Crippen molar-refractivity contribution in [3.8, 4) is 0 Å². The second kappa shape index (κ2) is 7.98. The standard InChI is InChI=1S/C6H7N.CH5N.CH4/c7-6-4-2-1-3-5-6;1-2;/h1-5H,7H2;2H2,1H3;1H4. The number of rotatable bonds is 0. The summed E-state index contributed by atoms with van der Waals surface area (Å²) >= 11 is 0. The summed E-state index contributed by atoms with van der Waals surface area (Å²) in [4.78, 5) is 0. The van der Waals surface area contributed by atoms with Crippen LogP contribution in [-0.4, -0.2) is 7.05 Å². The van der Waals surface area contributed by atoms with E-state index in [0.29, 0.717) is 0 Å². The fourth-order valence-corrected chi connectivity index (χ4v) is 0.453. The monoisotopic (exact) mass is 140 g/mol. The van der Waals surface area contributed by atoms with Gasteiger partial charge in [-0.1, -0.05) is 25.6 Å². The second-order valence-electron chi connectivity index (χ2n) is 1.41. The van der Waals surface area contributed by atoms with E-state index in [9.17, 15) is 0 Å². The summed E-state index contributed by atoms with van der Waals surface area (Å²) in [5, 5.41) is 0. The predicted molar refractivity (Wildman–Crippen MR) is 47.7 cm³/mol. The molecule has 0 saturated carbocycles. The first-order valence-corrected chi connectivity index (χ1v) is 2.78. The summed E-state index contributed by atoms with van der Waals surface area (Å²) < 4.78 is 0. The average Bonchev–Trinajstić information content (AvgIpc) is 1.94. The maximum Gasteiger partial charge on any atom is 0.0313 e. The first-order valence-electron chi connectivity index (χ1n) is 2.78. The largest absolute Gasteiger partial charge is 0.399 e. The highest BCUT2D eigenvalue weighted by atomic mass is 14.5. The van der Waals surface area contributed by atoms with Crippen LogP contribution in [-0.2, 0) is 0 Å². The molecule has 0 amide bonds. The molecular formula is C8H16N2. The molecule has 0 aliphatic heterocycles. The molecule has 0 atom stereocenters. The molecule has 1 rings (SSSR count). The van der Waals surface area contributed by atoms with Gasteiger partial charge in [0.25, 0.3) is 0 Å². The van der Waals surface area contributed by atoms with Crippen molar-refractivity contribution in [3.63, 3.8) is 0 Å². The van der Waals surface area contributed by atoms with Crippen LogP contribution in [0.5, 0.6) is 0 Å². The van der Waals surface area contributed by atoms with Crippen LogP contribution >= 0.6 is 0 Å². The predicted octanol–water partition coefficient (Wildman–Crippen LogP) is 1.48. The molecular weight excluding hydrogens is 124 g/mol. The van der Waals surface area contributed by atoms with E-state index in [4.69, 9.17) is 5.73 Å². The summed E-state index contributed by atoms with van der Waals surface area (Å²) in [6.45, 7) is 0. The Kier molecular flexibility index (Phi) is 9.37. The van der Waals surface area contributed by atoms with Gasteiger partial charge >= 0.3 is 0 Å². The Balaban J connectivity index is 0. The van der Waals surface area contributed by atoms with Crippen molar-refractivity contribution < 1.29 is 0 Å². The Morgan fingerprint density at radius 1 is 1.00 bits per heavy atom. The summed E-state index contributed by atoms with van der Waals surface area (Å²) in [5.41, 5.74) is 10.7. The Morgan fingerprint density at radius 3 is 1.60 bits per heavy atom. The maximum atomic E-state index is 5.36. The van der Waals surface area contributed by atoms with Gasteiger partial charge in [0.05, 0.1) is 0 Å². The number of para-hydroxylation sites is 1. The van der Waals surface area contributed by atoms with Crippen LogP contribution in [0.2, 0.25) is 0 Å². The molecule has 1 aromatic rings. The van der Waals surface area contributed by atoms with Gasteiger partial charge in [-0.25, -0.2) is 0 Å². The Labute approximate surface area is 62.9 Å². The highest BCUT2D eigenvalue weighted by Gasteiger charge is 1.72. The fraction of sp³-hybridized carbons (Fsp3) is 0.250. The topological polar surface area (TPSA) is 52.0 Å². The van der Waals surface area contributed by atoms with Crippen molar-refractivity contribution in [2.45, 2.75) is 7.43 Å². The summed E-state index contributed by atoms with van der Waals surface area (Å²) in [6, 6.07) is 9.49. The first-order chi connectivity index (χ1) is 4.39. The molecule has 0 aliphatic carbocycles. The van der Waals surface area contributed by atoms with Crippen LogP contribution in [0.3, 0.4) is 0 Å². The lowest BCUT2D eigenvalue weighted by Crippen LogP contribution is -1.79. The highest BCUT2D eigenvalue weighted by molar-refractivity contribution is 5.35. The number of benzene rings is 1. The molecule has 0 saturated heterocycles. The minimum absolute atomic E-state index is 0. The van der Waals surface area contributed by atoms with Gasteiger partial charge in [-0.2, -0.15) is 0 Å². The molecule has 0 bridgehead atoms. The van der Waals surface area contributed by atoms with Gasteiger partial charge in [0.15, 0.2) is 0 Å². The van der Waals surface area contributed by atoms with Gasteiger partial charge in [0.2, 0.25) is 0 Å². The zero-order valence-corrected chi connectivity index (χ0v) is 5.54. The van der Waals surface area contributed by atoms with Gasteiger partial charge < -0.3 is 11.5 Å².